The van der Waals surface area contributed by atoms with E-state index in [-0.39, 0.29) is 11.7 Å². The molecule has 22 heavy (non-hydrogen) atoms. The number of carbonyl (C=O) groups is 1. The van der Waals surface area contributed by atoms with Crippen molar-refractivity contribution in [2.75, 3.05) is 0 Å². The van der Waals surface area contributed by atoms with E-state index in [2.05, 4.69) is 12.1 Å². The van der Waals surface area contributed by atoms with E-state index >= 15 is 0 Å². The SMILES string of the molecule is O=C(O)C1=CC(Oc2ccc(-c3ccccc3)cc2)CC=C1. The number of hydrogen-bond acceptors (Lipinski definition) is 2. The Labute approximate surface area is 129 Å². The molecule has 3 nitrogen and oxygen atoms in total. The average molecular weight is 292 g/mol. The fourth-order valence-electron chi connectivity index (χ4n) is 2.41. The molecule has 0 aliphatic heterocycles. The summed E-state index contributed by atoms with van der Waals surface area (Å²) in [7, 11) is 0. The highest BCUT2D eigenvalue weighted by molar-refractivity contribution is 5.90. The molecular formula is C19H16O3. The molecule has 0 spiro atoms. The van der Waals surface area contributed by atoms with Crippen molar-refractivity contribution in [3.8, 4) is 16.9 Å². The first-order valence-electron chi connectivity index (χ1n) is 7.16. The zero-order valence-corrected chi connectivity index (χ0v) is 12.0. The zero-order chi connectivity index (χ0) is 15.4. The lowest BCUT2D eigenvalue weighted by Crippen LogP contribution is -2.17. The number of hydrogen-bond donors (Lipinski definition) is 1. The summed E-state index contributed by atoms with van der Waals surface area (Å²) in [6, 6.07) is 18.0. The summed E-state index contributed by atoms with van der Waals surface area (Å²) in [4.78, 5) is 11.0. The van der Waals surface area contributed by atoms with Crippen LogP contribution in [0.2, 0.25) is 0 Å². The van der Waals surface area contributed by atoms with Crippen LogP contribution in [0.15, 0.2) is 78.4 Å². The Morgan fingerprint density at radius 1 is 1.00 bits per heavy atom. The van der Waals surface area contributed by atoms with Crippen molar-refractivity contribution in [3.05, 3.63) is 78.4 Å². The topological polar surface area (TPSA) is 46.5 Å². The lowest BCUT2D eigenvalue weighted by molar-refractivity contribution is -0.132. The normalized spacial score (nSPS) is 16.9. The molecule has 2 aromatic rings. The van der Waals surface area contributed by atoms with Crippen LogP contribution in [-0.2, 0) is 4.79 Å². The smallest absolute Gasteiger partial charge is 0.335 e. The highest BCUT2D eigenvalue weighted by atomic mass is 16.5. The summed E-state index contributed by atoms with van der Waals surface area (Å²) >= 11 is 0. The standard InChI is InChI=1S/C19H16O3/c20-19(21)16-7-4-8-18(13-16)22-17-11-9-15(10-12-17)14-5-2-1-3-6-14/h1-7,9-13,18H,8H2,(H,20,21). The quantitative estimate of drug-likeness (QED) is 0.924. The molecule has 110 valence electrons. The van der Waals surface area contributed by atoms with E-state index in [0.29, 0.717) is 6.42 Å². The van der Waals surface area contributed by atoms with Gasteiger partial charge in [0.2, 0.25) is 0 Å². The monoisotopic (exact) mass is 292 g/mol. The molecule has 0 saturated heterocycles. The Kier molecular flexibility index (Phi) is 4.05. The van der Waals surface area contributed by atoms with E-state index in [1.165, 1.54) is 0 Å². The van der Waals surface area contributed by atoms with Crippen LogP contribution in [0.25, 0.3) is 11.1 Å². The largest absolute Gasteiger partial charge is 0.486 e. The van der Waals surface area contributed by atoms with Gasteiger partial charge in [0.15, 0.2) is 0 Å². The van der Waals surface area contributed by atoms with Crippen LogP contribution >= 0.6 is 0 Å². The van der Waals surface area contributed by atoms with Gasteiger partial charge in [0.05, 0.1) is 5.57 Å². The summed E-state index contributed by atoms with van der Waals surface area (Å²) < 4.78 is 5.84. The van der Waals surface area contributed by atoms with E-state index in [4.69, 9.17) is 9.84 Å². The van der Waals surface area contributed by atoms with Crippen molar-refractivity contribution in [1.82, 2.24) is 0 Å². The summed E-state index contributed by atoms with van der Waals surface area (Å²) in [5, 5.41) is 9.01. The second kappa shape index (κ2) is 6.31. The van der Waals surface area contributed by atoms with Gasteiger partial charge >= 0.3 is 5.97 Å². The third-order valence-electron chi connectivity index (χ3n) is 3.53. The van der Waals surface area contributed by atoms with Crippen LogP contribution in [0.5, 0.6) is 5.75 Å². The third-order valence-corrected chi connectivity index (χ3v) is 3.53. The third kappa shape index (κ3) is 3.26. The zero-order valence-electron chi connectivity index (χ0n) is 12.0. The highest BCUT2D eigenvalue weighted by Crippen LogP contribution is 2.24. The van der Waals surface area contributed by atoms with Gasteiger partial charge in [0.1, 0.15) is 11.9 Å². The van der Waals surface area contributed by atoms with Gasteiger partial charge in [0.25, 0.3) is 0 Å². The lowest BCUT2D eigenvalue weighted by atomic mass is 10.0. The van der Waals surface area contributed by atoms with Gasteiger partial charge in [-0.15, -0.1) is 0 Å². The Morgan fingerprint density at radius 2 is 1.68 bits per heavy atom. The van der Waals surface area contributed by atoms with Crippen LogP contribution in [0, 0.1) is 0 Å². The van der Waals surface area contributed by atoms with Gasteiger partial charge in [-0.1, -0.05) is 54.6 Å². The van der Waals surface area contributed by atoms with Crippen LogP contribution in [0.4, 0.5) is 0 Å². The summed E-state index contributed by atoms with van der Waals surface area (Å²) in [5.41, 5.74) is 2.55. The van der Waals surface area contributed by atoms with Crippen molar-refractivity contribution in [2.24, 2.45) is 0 Å². The van der Waals surface area contributed by atoms with Crippen LogP contribution in [0.3, 0.4) is 0 Å². The van der Waals surface area contributed by atoms with E-state index in [0.717, 1.165) is 16.9 Å². The van der Waals surface area contributed by atoms with Crippen molar-refractivity contribution in [3.63, 3.8) is 0 Å². The second-order valence-corrected chi connectivity index (χ2v) is 5.11. The first-order chi connectivity index (χ1) is 10.7. The fourth-order valence-corrected chi connectivity index (χ4v) is 2.41. The molecular weight excluding hydrogens is 276 g/mol. The van der Waals surface area contributed by atoms with E-state index in [1.807, 2.05) is 48.5 Å². The van der Waals surface area contributed by atoms with Gasteiger partial charge < -0.3 is 9.84 Å². The lowest BCUT2D eigenvalue weighted by Gasteiger charge is -2.17. The number of carboxylic acids is 1. The maximum Gasteiger partial charge on any atom is 0.335 e. The van der Waals surface area contributed by atoms with Crippen molar-refractivity contribution in [1.29, 1.82) is 0 Å². The molecule has 0 radical (unpaired) electrons. The first kappa shape index (κ1) is 14.1. The number of rotatable bonds is 4. The molecule has 1 aliphatic rings. The van der Waals surface area contributed by atoms with E-state index in [1.54, 1.807) is 12.2 Å². The van der Waals surface area contributed by atoms with Crippen LogP contribution < -0.4 is 4.74 Å². The molecule has 0 amide bonds. The molecule has 0 bridgehead atoms. The predicted octanol–water partition coefficient (Wildman–Crippen LogP) is 4.07. The molecule has 0 heterocycles. The summed E-state index contributed by atoms with van der Waals surface area (Å²) in [6.07, 6.45) is 5.52. The van der Waals surface area contributed by atoms with Gasteiger partial charge in [0, 0.05) is 6.42 Å². The number of ether oxygens (including phenoxy) is 1. The molecule has 1 atom stereocenters. The minimum absolute atomic E-state index is 0.237. The van der Waals surface area contributed by atoms with Gasteiger partial charge in [-0.3, -0.25) is 0 Å². The molecule has 1 unspecified atom stereocenters. The van der Waals surface area contributed by atoms with Crippen molar-refractivity contribution < 1.29 is 14.6 Å². The Morgan fingerprint density at radius 3 is 2.36 bits per heavy atom. The van der Waals surface area contributed by atoms with Crippen molar-refractivity contribution >= 4 is 5.97 Å². The number of carboxylic acid groups (broad SMARTS) is 1. The molecule has 3 heteroatoms. The number of aliphatic carboxylic acids is 1. The average Bonchev–Trinajstić information content (AvgIpc) is 2.56. The minimum atomic E-state index is -0.927. The molecule has 0 aromatic heterocycles. The van der Waals surface area contributed by atoms with Gasteiger partial charge in [-0.25, -0.2) is 4.79 Å². The highest BCUT2D eigenvalue weighted by Gasteiger charge is 2.14. The van der Waals surface area contributed by atoms with Gasteiger partial charge in [-0.2, -0.15) is 0 Å². The minimum Gasteiger partial charge on any atom is -0.486 e. The molecule has 1 N–H and O–H groups in total. The maximum absolute atomic E-state index is 11.0. The van der Waals surface area contributed by atoms with Crippen LogP contribution in [-0.4, -0.2) is 17.2 Å². The van der Waals surface area contributed by atoms with Gasteiger partial charge in [-0.05, 0) is 29.3 Å². The Bertz CT molecular complexity index is 712. The van der Waals surface area contributed by atoms with Crippen molar-refractivity contribution in [2.45, 2.75) is 12.5 Å². The fraction of sp³-hybridized carbons (Fsp3) is 0.105. The maximum atomic E-state index is 11.0. The molecule has 1 aliphatic carbocycles. The second-order valence-electron chi connectivity index (χ2n) is 5.11. The van der Waals surface area contributed by atoms with E-state index in [9.17, 15) is 4.79 Å². The predicted molar refractivity (Wildman–Crippen MR) is 85.8 cm³/mol. The molecule has 0 fully saturated rings. The molecule has 0 saturated carbocycles. The van der Waals surface area contributed by atoms with Crippen LogP contribution in [0.1, 0.15) is 6.42 Å². The Hall–Kier alpha value is -2.81. The van der Waals surface area contributed by atoms with E-state index < -0.39 is 5.97 Å². The Balaban J connectivity index is 1.72. The summed E-state index contributed by atoms with van der Waals surface area (Å²) in [6.45, 7) is 0. The summed E-state index contributed by atoms with van der Waals surface area (Å²) in [5.74, 6) is -0.190. The number of benzene rings is 2. The first-order valence-corrected chi connectivity index (χ1v) is 7.16. The molecule has 3 rings (SSSR count). The molecule has 2 aromatic carbocycles.